The highest BCUT2D eigenvalue weighted by molar-refractivity contribution is 7.13. The Morgan fingerprint density at radius 3 is 1.14 bits per heavy atom. The van der Waals surface area contributed by atoms with Gasteiger partial charge in [-0.1, -0.05) is 122 Å². The standard InChI is InChI=1S/C40H32N2Si/c1-43(2)39(33-21-13-19-31(27-33)35-23-9-11-25-41-35)37(29-15-5-3-6-16-29)38(30-17-7-4-8-18-30)40(43)34-22-14-20-32(28-34)36-24-10-12-26-42-36/h3-28H,1-2H3. The predicted octanol–water partition coefficient (Wildman–Crippen LogP) is 10.1. The lowest BCUT2D eigenvalue weighted by atomic mass is 9.89. The molecule has 7 rings (SSSR count). The topological polar surface area (TPSA) is 25.8 Å². The summed E-state index contributed by atoms with van der Waals surface area (Å²) in [6, 6.07) is 52.0. The Morgan fingerprint density at radius 1 is 0.372 bits per heavy atom. The van der Waals surface area contributed by atoms with E-state index in [-0.39, 0.29) is 0 Å². The zero-order valence-corrected chi connectivity index (χ0v) is 25.4. The lowest BCUT2D eigenvalue weighted by molar-refractivity contribution is 1.32. The molecule has 0 fully saturated rings. The molecule has 0 radical (unpaired) electrons. The molecule has 0 aliphatic carbocycles. The third-order valence-electron chi connectivity index (χ3n) is 8.35. The lowest BCUT2D eigenvalue weighted by Gasteiger charge is -2.27. The van der Waals surface area contributed by atoms with E-state index < -0.39 is 8.07 Å². The molecule has 1 aliphatic rings. The second kappa shape index (κ2) is 11.3. The highest BCUT2D eigenvalue weighted by Crippen LogP contribution is 2.55. The second-order valence-electron chi connectivity index (χ2n) is 11.4. The van der Waals surface area contributed by atoms with E-state index in [9.17, 15) is 0 Å². The number of allylic oxidation sites excluding steroid dienone is 2. The van der Waals surface area contributed by atoms with Crippen molar-refractivity contribution >= 4 is 29.6 Å². The number of hydrogen-bond donors (Lipinski definition) is 0. The van der Waals surface area contributed by atoms with Gasteiger partial charge in [-0.3, -0.25) is 9.97 Å². The minimum atomic E-state index is -2.30. The summed E-state index contributed by atoms with van der Waals surface area (Å²) in [7, 11) is -2.30. The van der Waals surface area contributed by atoms with Gasteiger partial charge in [-0.25, -0.2) is 0 Å². The Labute approximate surface area is 254 Å². The molecule has 2 nitrogen and oxygen atoms in total. The van der Waals surface area contributed by atoms with Crippen LogP contribution < -0.4 is 0 Å². The average molecular weight is 569 g/mol. The van der Waals surface area contributed by atoms with Crippen LogP contribution >= 0.6 is 0 Å². The minimum absolute atomic E-state index is 0.989. The number of benzene rings is 4. The van der Waals surface area contributed by atoms with E-state index in [1.54, 1.807) is 0 Å². The number of pyridine rings is 2. The monoisotopic (exact) mass is 568 g/mol. The lowest BCUT2D eigenvalue weighted by Crippen LogP contribution is -2.28. The highest BCUT2D eigenvalue weighted by Gasteiger charge is 2.43. The zero-order chi connectivity index (χ0) is 29.2. The number of hydrogen-bond acceptors (Lipinski definition) is 2. The van der Waals surface area contributed by atoms with Crippen molar-refractivity contribution in [3.63, 3.8) is 0 Å². The van der Waals surface area contributed by atoms with Gasteiger partial charge in [0.2, 0.25) is 0 Å². The molecule has 0 amide bonds. The van der Waals surface area contributed by atoms with Gasteiger partial charge in [0.05, 0.1) is 11.4 Å². The maximum Gasteiger partial charge on any atom is 0.115 e. The zero-order valence-electron chi connectivity index (χ0n) is 24.4. The van der Waals surface area contributed by atoms with E-state index in [1.807, 2.05) is 24.5 Å². The summed E-state index contributed by atoms with van der Waals surface area (Å²) in [6.45, 7) is 5.02. The first-order valence-corrected chi connectivity index (χ1v) is 17.8. The van der Waals surface area contributed by atoms with Gasteiger partial charge in [0.15, 0.2) is 0 Å². The molecule has 3 heteroatoms. The number of nitrogens with zero attached hydrogens (tertiary/aromatic N) is 2. The molecule has 0 bridgehead atoms. The van der Waals surface area contributed by atoms with E-state index in [1.165, 1.54) is 43.8 Å². The summed E-state index contributed by atoms with van der Waals surface area (Å²) in [4.78, 5) is 9.35. The highest BCUT2D eigenvalue weighted by atomic mass is 28.3. The van der Waals surface area contributed by atoms with Crippen molar-refractivity contribution in [1.29, 1.82) is 0 Å². The van der Waals surface area contributed by atoms with Crippen LogP contribution in [-0.4, -0.2) is 18.0 Å². The molecule has 1 aliphatic heterocycles. The molecular weight excluding hydrogens is 537 g/mol. The molecule has 0 atom stereocenters. The Balaban J connectivity index is 1.52. The van der Waals surface area contributed by atoms with E-state index in [0.717, 1.165) is 22.5 Å². The predicted molar refractivity (Wildman–Crippen MR) is 183 cm³/mol. The van der Waals surface area contributed by atoms with E-state index in [4.69, 9.17) is 0 Å². The Hall–Kier alpha value is -5.12. The second-order valence-corrected chi connectivity index (χ2v) is 15.7. The Bertz CT molecular complexity index is 1820. The van der Waals surface area contributed by atoms with Gasteiger partial charge >= 0.3 is 0 Å². The van der Waals surface area contributed by atoms with Crippen LogP contribution in [0.3, 0.4) is 0 Å². The van der Waals surface area contributed by atoms with Crippen LogP contribution in [0.15, 0.2) is 158 Å². The van der Waals surface area contributed by atoms with Crippen molar-refractivity contribution in [3.05, 3.63) is 180 Å². The molecule has 0 spiro atoms. The van der Waals surface area contributed by atoms with Gasteiger partial charge in [-0.2, -0.15) is 0 Å². The van der Waals surface area contributed by atoms with Gasteiger partial charge in [0.1, 0.15) is 8.07 Å². The smallest absolute Gasteiger partial charge is 0.115 e. The molecule has 0 saturated heterocycles. The molecule has 0 unspecified atom stereocenters. The van der Waals surface area contributed by atoms with Crippen molar-refractivity contribution in [1.82, 2.24) is 9.97 Å². The van der Waals surface area contributed by atoms with Crippen molar-refractivity contribution in [2.45, 2.75) is 13.1 Å². The molecule has 0 N–H and O–H groups in total. The maximum absolute atomic E-state index is 4.67. The SMILES string of the molecule is C[Si]1(C)C(c2cccc(-c3ccccn3)c2)=C(c2ccccc2)C(c2ccccc2)=C1c1cccc(-c2ccccn2)c1. The van der Waals surface area contributed by atoms with Gasteiger partial charge in [0.25, 0.3) is 0 Å². The third-order valence-corrected chi connectivity index (χ3v) is 11.9. The van der Waals surface area contributed by atoms with Crippen LogP contribution in [0.2, 0.25) is 13.1 Å². The quantitative estimate of drug-likeness (QED) is 0.187. The minimum Gasteiger partial charge on any atom is -0.256 e. The van der Waals surface area contributed by atoms with Gasteiger partial charge in [-0.15, -0.1) is 0 Å². The van der Waals surface area contributed by atoms with E-state index >= 15 is 0 Å². The fraction of sp³-hybridized carbons (Fsp3) is 0.0500. The molecule has 2 aromatic heterocycles. The fourth-order valence-corrected chi connectivity index (χ4v) is 10.3. The van der Waals surface area contributed by atoms with Crippen LogP contribution in [0.5, 0.6) is 0 Å². The maximum atomic E-state index is 4.67. The van der Waals surface area contributed by atoms with Crippen LogP contribution in [0.25, 0.3) is 44.1 Å². The van der Waals surface area contributed by atoms with Crippen LogP contribution in [0.4, 0.5) is 0 Å². The summed E-state index contributed by atoms with van der Waals surface area (Å²) < 4.78 is 0. The number of aromatic nitrogens is 2. The van der Waals surface area contributed by atoms with Crippen molar-refractivity contribution < 1.29 is 0 Å². The normalized spacial score (nSPS) is 14.3. The third kappa shape index (κ3) is 4.98. The molecule has 0 saturated carbocycles. The Kier molecular flexibility index (Phi) is 7.02. The number of rotatable bonds is 6. The van der Waals surface area contributed by atoms with Crippen LogP contribution in [0, 0.1) is 0 Å². The van der Waals surface area contributed by atoms with E-state index in [0.29, 0.717) is 0 Å². The van der Waals surface area contributed by atoms with Crippen molar-refractivity contribution in [2.75, 3.05) is 0 Å². The van der Waals surface area contributed by atoms with Gasteiger partial charge < -0.3 is 0 Å². The fourth-order valence-electron chi connectivity index (χ4n) is 6.53. The summed E-state index contributed by atoms with van der Waals surface area (Å²) >= 11 is 0. The van der Waals surface area contributed by atoms with Crippen LogP contribution in [-0.2, 0) is 0 Å². The van der Waals surface area contributed by atoms with Gasteiger partial charge in [-0.05, 0) is 80.2 Å². The largest absolute Gasteiger partial charge is 0.256 e. The molecule has 3 heterocycles. The first-order valence-electron chi connectivity index (χ1n) is 14.8. The van der Waals surface area contributed by atoms with Crippen molar-refractivity contribution in [3.8, 4) is 22.5 Å². The van der Waals surface area contributed by atoms with Crippen LogP contribution in [0.1, 0.15) is 22.3 Å². The first-order chi connectivity index (χ1) is 21.1. The van der Waals surface area contributed by atoms with Gasteiger partial charge in [0, 0.05) is 23.5 Å². The first kappa shape index (κ1) is 26.8. The van der Waals surface area contributed by atoms with E-state index in [2.05, 4.69) is 157 Å². The summed E-state index contributed by atoms with van der Waals surface area (Å²) in [6.07, 6.45) is 3.74. The molecule has 4 aromatic carbocycles. The Morgan fingerprint density at radius 2 is 0.744 bits per heavy atom. The summed E-state index contributed by atoms with van der Waals surface area (Å²) in [5.41, 5.74) is 11.9. The summed E-state index contributed by atoms with van der Waals surface area (Å²) in [5.74, 6) is 0. The molecule has 206 valence electrons. The molecule has 6 aromatic rings. The molecule has 43 heavy (non-hydrogen) atoms. The summed E-state index contributed by atoms with van der Waals surface area (Å²) in [5, 5.41) is 2.90. The van der Waals surface area contributed by atoms with Crippen molar-refractivity contribution in [2.24, 2.45) is 0 Å². The molecular formula is C40H32N2Si. The average Bonchev–Trinajstić information content (AvgIpc) is 3.33.